The summed E-state index contributed by atoms with van der Waals surface area (Å²) >= 11 is 0. The molecule has 52 heavy (non-hydrogen) atoms. The van der Waals surface area contributed by atoms with E-state index < -0.39 is 17.7 Å². The SMILES string of the molecule is CN(Cc1cccc(NC2CCC(=O)NC2=O)c1)C1CCN(c2cccc(-c3cnn4ccc(N5CCC[C@@H]5c5ccc(F)cc5F)nc34)n2)CC1. The maximum Gasteiger partial charge on any atom is 0.249 e. The summed E-state index contributed by atoms with van der Waals surface area (Å²) in [5.74, 6) is 0.0215. The van der Waals surface area contributed by atoms with Crippen molar-refractivity contribution in [1.82, 2.24) is 29.8 Å². The Morgan fingerprint density at radius 2 is 1.77 bits per heavy atom. The van der Waals surface area contributed by atoms with Crippen molar-refractivity contribution in [2.24, 2.45) is 0 Å². The largest absolute Gasteiger partial charge is 0.374 e. The number of anilines is 3. The van der Waals surface area contributed by atoms with Gasteiger partial charge in [0.05, 0.1) is 23.5 Å². The van der Waals surface area contributed by atoms with Gasteiger partial charge in [-0.25, -0.2) is 23.3 Å². The summed E-state index contributed by atoms with van der Waals surface area (Å²) in [6.07, 6.45) is 8.11. The second-order valence-electron chi connectivity index (χ2n) is 14.0. The van der Waals surface area contributed by atoms with E-state index in [1.807, 2.05) is 42.6 Å². The maximum absolute atomic E-state index is 14.8. The number of hydrogen-bond donors (Lipinski definition) is 2. The van der Waals surface area contributed by atoms with Crippen molar-refractivity contribution in [3.05, 3.63) is 102 Å². The Bertz CT molecular complexity index is 2110. The number of piperidine rings is 2. The number of imide groups is 1. The summed E-state index contributed by atoms with van der Waals surface area (Å²) in [5.41, 5.74) is 4.78. The van der Waals surface area contributed by atoms with Crippen LogP contribution in [0.5, 0.6) is 0 Å². The van der Waals surface area contributed by atoms with Gasteiger partial charge in [-0.2, -0.15) is 5.10 Å². The van der Waals surface area contributed by atoms with Crippen LogP contribution in [0.3, 0.4) is 0 Å². The first-order valence-corrected chi connectivity index (χ1v) is 18.0. The van der Waals surface area contributed by atoms with Crippen molar-refractivity contribution in [3.8, 4) is 11.3 Å². The molecule has 8 rings (SSSR count). The molecule has 1 unspecified atom stereocenters. The molecule has 2 amide bonds. The Balaban J connectivity index is 0.921. The van der Waals surface area contributed by atoms with Gasteiger partial charge in [0, 0.05) is 62.2 Å². The van der Waals surface area contributed by atoms with Crippen LogP contribution in [0.15, 0.2) is 79.1 Å². The number of hydrogen-bond acceptors (Lipinski definition) is 9. The predicted octanol–water partition coefficient (Wildman–Crippen LogP) is 5.73. The fourth-order valence-electron chi connectivity index (χ4n) is 7.83. The number of rotatable bonds is 9. The van der Waals surface area contributed by atoms with Crippen LogP contribution in [0.4, 0.5) is 26.1 Å². The minimum absolute atomic E-state index is 0.219. The van der Waals surface area contributed by atoms with Gasteiger partial charge in [0.2, 0.25) is 11.8 Å². The van der Waals surface area contributed by atoms with Gasteiger partial charge in [0.25, 0.3) is 0 Å². The minimum Gasteiger partial charge on any atom is -0.374 e. The van der Waals surface area contributed by atoms with Gasteiger partial charge in [0.15, 0.2) is 5.65 Å². The molecule has 0 bridgehead atoms. The molecule has 3 fully saturated rings. The Hall–Kier alpha value is -5.43. The molecule has 11 nitrogen and oxygen atoms in total. The fraction of sp³-hybridized carbons (Fsp3) is 0.359. The topological polar surface area (TPSA) is 111 Å². The van der Waals surface area contributed by atoms with Gasteiger partial charge >= 0.3 is 0 Å². The van der Waals surface area contributed by atoms with Crippen LogP contribution in [-0.2, 0) is 16.1 Å². The summed E-state index contributed by atoms with van der Waals surface area (Å²) in [6.45, 7) is 3.25. The van der Waals surface area contributed by atoms with Crippen LogP contribution in [0.1, 0.15) is 55.7 Å². The van der Waals surface area contributed by atoms with E-state index in [1.165, 1.54) is 12.1 Å². The third-order valence-electron chi connectivity index (χ3n) is 10.6. The number of amides is 2. The first kappa shape index (κ1) is 33.7. The molecule has 3 aliphatic heterocycles. The normalized spacial score (nSPS) is 19.8. The van der Waals surface area contributed by atoms with Gasteiger partial charge in [-0.3, -0.25) is 19.8 Å². The lowest BCUT2D eigenvalue weighted by Crippen LogP contribution is -2.47. The molecule has 3 aromatic heterocycles. The van der Waals surface area contributed by atoms with Gasteiger partial charge in [-0.1, -0.05) is 24.3 Å². The molecule has 2 atom stereocenters. The lowest BCUT2D eigenvalue weighted by Gasteiger charge is -2.37. The van der Waals surface area contributed by atoms with Crippen molar-refractivity contribution in [3.63, 3.8) is 0 Å². The number of carbonyl (C=O) groups excluding carboxylic acids is 2. The van der Waals surface area contributed by atoms with Gasteiger partial charge < -0.3 is 15.1 Å². The zero-order valence-electron chi connectivity index (χ0n) is 29.0. The molecule has 3 saturated heterocycles. The van der Waals surface area contributed by atoms with E-state index in [2.05, 4.69) is 49.6 Å². The number of nitrogens with zero attached hydrogens (tertiary/aromatic N) is 7. The van der Waals surface area contributed by atoms with E-state index in [4.69, 9.17) is 9.97 Å². The van der Waals surface area contributed by atoms with E-state index in [0.717, 1.165) is 92.1 Å². The highest BCUT2D eigenvalue weighted by Gasteiger charge is 2.31. The van der Waals surface area contributed by atoms with Gasteiger partial charge in [-0.05, 0) is 81.1 Å². The van der Waals surface area contributed by atoms with Gasteiger partial charge in [-0.15, -0.1) is 0 Å². The molecule has 5 aromatic rings. The second-order valence-corrected chi connectivity index (χ2v) is 14.0. The molecule has 0 aliphatic carbocycles. The number of fused-ring (bicyclic) bond motifs is 1. The molecule has 3 aliphatic rings. The quantitative estimate of drug-likeness (QED) is 0.186. The average molecular weight is 706 g/mol. The molecule has 13 heteroatoms. The van der Waals surface area contributed by atoms with E-state index in [1.54, 1.807) is 10.7 Å². The Morgan fingerprint density at radius 1 is 0.923 bits per heavy atom. The lowest BCUT2D eigenvalue weighted by molar-refractivity contribution is -0.133. The van der Waals surface area contributed by atoms with Crippen LogP contribution in [0.2, 0.25) is 0 Å². The third-order valence-corrected chi connectivity index (χ3v) is 10.6. The summed E-state index contributed by atoms with van der Waals surface area (Å²) in [7, 11) is 2.16. The Labute approximate surface area is 300 Å². The first-order valence-electron chi connectivity index (χ1n) is 18.0. The predicted molar refractivity (Wildman–Crippen MR) is 195 cm³/mol. The standard InChI is InChI=1S/C39H41F2N9O2/c1-47(24-25-5-2-6-27(21-25)43-33-12-13-37(51)46-39(33)52)28-14-18-48(19-15-28)35-9-3-7-32(44-35)30-23-42-50-20-16-36(45-38(30)50)49-17-4-8-34(49)29-11-10-26(40)22-31(29)41/h2-3,5-7,9-11,16,20-23,28,33-34,43H,4,8,12-15,17-19,24H2,1H3,(H,46,51,52)/t33?,34-/m1/s1. The molecule has 268 valence electrons. The highest BCUT2D eigenvalue weighted by molar-refractivity contribution is 6.01. The Kier molecular flexibility index (Phi) is 9.27. The summed E-state index contributed by atoms with van der Waals surface area (Å²) < 4.78 is 30.2. The van der Waals surface area contributed by atoms with Crippen molar-refractivity contribution in [2.45, 2.75) is 63.2 Å². The molecular formula is C39H41F2N9O2. The number of benzene rings is 2. The first-order chi connectivity index (χ1) is 25.3. The molecule has 0 spiro atoms. The number of halogens is 2. The molecule has 2 aromatic carbocycles. The van der Waals surface area contributed by atoms with Crippen LogP contribution >= 0.6 is 0 Å². The summed E-state index contributed by atoms with van der Waals surface area (Å²) in [5, 5.41) is 10.2. The zero-order chi connectivity index (χ0) is 35.8. The minimum atomic E-state index is -0.582. The van der Waals surface area contributed by atoms with Gasteiger partial charge in [0.1, 0.15) is 29.3 Å². The van der Waals surface area contributed by atoms with Crippen molar-refractivity contribution < 1.29 is 18.4 Å². The fourth-order valence-corrected chi connectivity index (χ4v) is 7.83. The summed E-state index contributed by atoms with van der Waals surface area (Å²) in [4.78, 5) is 40.6. The average Bonchev–Trinajstić information content (AvgIpc) is 3.81. The van der Waals surface area contributed by atoms with Crippen LogP contribution in [0, 0.1) is 11.6 Å². The number of pyridine rings is 1. The Morgan fingerprint density at radius 3 is 2.60 bits per heavy atom. The zero-order valence-corrected chi connectivity index (χ0v) is 29.0. The molecular weight excluding hydrogens is 664 g/mol. The smallest absolute Gasteiger partial charge is 0.249 e. The number of carbonyl (C=O) groups is 2. The number of nitrogens with one attached hydrogen (secondary N) is 2. The van der Waals surface area contributed by atoms with E-state index in [9.17, 15) is 18.4 Å². The molecule has 0 radical (unpaired) electrons. The van der Waals surface area contributed by atoms with E-state index >= 15 is 0 Å². The molecule has 2 N–H and O–H groups in total. The molecule has 0 saturated carbocycles. The van der Waals surface area contributed by atoms with Crippen molar-refractivity contribution in [2.75, 3.05) is 41.8 Å². The highest BCUT2D eigenvalue weighted by atomic mass is 19.1. The van der Waals surface area contributed by atoms with E-state index in [-0.39, 0.29) is 17.9 Å². The van der Waals surface area contributed by atoms with Crippen molar-refractivity contribution in [1.29, 1.82) is 0 Å². The third kappa shape index (κ3) is 6.92. The highest BCUT2D eigenvalue weighted by Crippen LogP contribution is 2.37. The monoisotopic (exact) mass is 705 g/mol. The summed E-state index contributed by atoms with van der Waals surface area (Å²) in [6, 6.07) is 19.6. The lowest BCUT2D eigenvalue weighted by atomic mass is 10.0. The molecule has 6 heterocycles. The van der Waals surface area contributed by atoms with E-state index in [0.29, 0.717) is 30.1 Å². The van der Waals surface area contributed by atoms with Crippen LogP contribution in [-0.4, -0.2) is 75.1 Å². The van der Waals surface area contributed by atoms with Crippen LogP contribution in [0.25, 0.3) is 16.9 Å². The number of aromatic nitrogens is 4. The van der Waals surface area contributed by atoms with Crippen LogP contribution < -0.4 is 20.4 Å². The second kappa shape index (κ2) is 14.3. The maximum atomic E-state index is 14.8. The van der Waals surface area contributed by atoms with Crippen molar-refractivity contribution >= 4 is 34.8 Å².